The smallest absolute Gasteiger partial charge is 0.257 e. The van der Waals surface area contributed by atoms with Gasteiger partial charge in [-0.1, -0.05) is 18.2 Å². The van der Waals surface area contributed by atoms with E-state index in [0.717, 1.165) is 0 Å². The summed E-state index contributed by atoms with van der Waals surface area (Å²) < 4.78 is 36.0. The number of nitrogens with zero attached hydrogens (tertiary/aromatic N) is 1. The molecule has 0 spiro atoms. The molecule has 0 atom stereocenters. The summed E-state index contributed by atoms with van der Waals surface area (Å²) in [6.45, 7) is 1.53. The highest BCUT2D eigenvalue weighted by Gasteiger charge is 2.28. The van der Waals surface area contributed by atoms with Gasteiger partial charge in [0.25, 0.3) is 5.91 Å². The second kappa shape index (κ2) is 9.00. The van der Waals surface area contributed by atoms with Gasteiger partial charge >= 0.3 is 0 Å². The maximum atomic E-state index is 12.0. The zero-order chi connectivity index (χ0) is 17.4. The molecular formula is C16H24N2O5S. The normalized spacial score (nSPS) is 16.1. The van der Waals surface area contributed by atoms with Gasteiger partial charge in [0.1, 0.15) is 5.75 Å². The summed E-state index contributed by atoms with van der Waals surface area (Å²) in [5.74, 6) is 0.340. The molecule has 1 fully saturated rings. The number of amides is 1. The van der Waals surface area contributed by atoms with Crippen LogP contribution >= 0.6 is 0 Å². The Balaban J connectivity index is 1.76. The lowest BCUT2D eigenvalue weighted by molar-refractivity contribution is -0.123. The third-order valence-corrected chi connectivity index (χ3v) is 5.12. The fourth-order valence-electron chi connectivity index (χ4n) is 2.61. The standard InChI is InChI=1S/C16H24N2O5S/c1-24(20,21)18(14-7-11-22-12-8-14)10-9-17-16(19)13-23-15-5-3-2-4-6-15/h2-6,14H,7-13H2,1H3,(H,17,19). The number of sulfonamides is 1. The van der Waals surface area contributed by atoms with Crippen molar-refractivity contribution in [2.75, 3.05) is 39.2 Å². The molecule has 2 rings (SSSR count). The van der Waals surface area contributed by atoms with E-state index in [1.807, 2.05) is 18.2 Å². The maximum Gasteiger partial charge on any atom is 0.257 e. The van der Waals surface area contributed by atoms with Crippen LogP contribution in [0.5, 0.6) is 5.75 Å². The molecule has 7 nitrogen and oxygen atoms in total. The quantitative estimate of drug-likeness (QED) is 0.738. The fourth-order valence-corrected chi connectivity index (χ4v) is 3.79. The van der Waals surface area contributed by atoms with Gasteiger partial charge in [0, 0.05) is 32.3 Å². The van der Waals surface area contributed by atoms with Crippen molar-refractivity contribution in [2.45, 2.75) is 18.9 Å². The lowest BCUT2D eigenvalue weighted by Gasteiger charge is -2.32. The van der Waals surface area contributed by atoms with Gasteiger partial charge in [-0.2, -0.15) is 4.31 Å². The highest BCUT2D eigenvalue weighted by Crippen LogP contribution is 2.16. The van der Waals surface area contributed by atoms with Crippen LogP contribution in [0.15, 0.2) is 30.3 Å². The van der Waals surface area contributed by atoms with Crippen LogP contribution in [0.1, 0.15) is 12.8 Å². The predicted molar refractivity (Wildman–Crippen MR) is 90.3 cm³/mol. The molecule has 1 amide bonds. The average Bonchev–Trinajstić information content (AvgIpc) is 2.57. The van der Waals surface area contributed by atoms with Crippen LogP contribution in [-0.4, -0.2) is 63.8 Å². The largest absolute Gasteiger partial charge is 0.484 e. The zero-order valence-electron chi connectivity index (χ0n) is 13.8. The maximum absolute atomic E-state index is 12.0. The molecule has 1 aromatic rings. The van der Waals surface area contributed by atoms with E-state index in [1.54, 1.807) is 12.1 Å². The summed E-state index contributed by atoms with van der Waals surface area (Å²) in [7, 11) is -3.32. The number of ether oxygens (including phenoxy) is 2. The van der Waals surface area contributed by atoms with E-state index < -0.39 is 10.0 Å². The van der Waals surface area contributed by atoms with Gasteiger partial charge in [-0.15, -0.1) is 0 Å². The molecule has 1 aliphatic rings. The van der Waals surface area contributed by atoms with Crippen LogP contribution < -0.4 is 10.1 Å². The summed E-state index contributed by atoms with van der Waals surface area (Å²) in [6.07, 6.45) is 2.55. The Labute approximate surface area is 143 Å². The average molecular weight is 356 g/mol. The van der Waals surface area contributed by atoms with Crippen molar-refractivity contribution in [2.24, 2.45) is 0 Å². The number of hydrogen-bond donors (Lipinski definition) is 1. The minimum Gasteiger partial charge on any atom is -0.484 e. The SMILES string of the molecule is CS(=O)(=O)N(CCNC(=O)COc1ccccc1)C1CCOCC1. The lowest BCUT2D eigenvalue weighted by Crippen LogP contribution is -2.46. The first-order valence-electron chi connectivity index (χ1n) is 7.96. The monoisotopic (exact) mass is 356 g/mol. The van der Waals surface area contributed by atoms with Crippen molar-refractivity contribution in [3.05, 3.63) is 30.3 Å². The van der Waals surface area contributed by atoms with Crippen LogP contribution in [0, 0.1) is 0 Å². The summed E-state index contributed by atoms with van der Waals surface area (Å²) in [5.41, 5.74) is 0. The van der Waals surface area contributed by atoms with Crippen molar-refractivity contribution in [1.29, 1.82) is 0 Å². The molecule has 0 saturated carbocycles. The number of carbonyl (C=O) groups is 1. The summed E-state index contributed by atoms with van der Waals surface area (Å²) in [4.78, 5) is 11.8. The Hall–Kier alpha value is -1.64. The van der Waals surface area contributed by atoms with Crippen LogP contribution in [0.2, 0.25) is 0 Å². The Bertz CT molecular complexity index is 615. The number of rotatable bonds is 8. The zero-order valence-corrected chi connectivity index (χ0v) is 14.6. The predicted octanol–water partition coefficient (Wildman–Crippen LogP) is 0.622. The van der Waals surface area contributed by atoms with Crippen LogP contribution in [0.4, 0.5) is 0 Å². The van der Waals surface area contributed by atoms with E-state index in [2.05, 4.69) is 5.32 Å². The molecule has 24 heavy (non-hydrogen) atoms. The molecule has 0 bridgehead atoms. The first kappa shape index (κ1) is 18.7. The van der Waals surface area contributed by atoms with Crippen molar-refractivity contribution in [3.8, 4) is 5.75 Å². The molecular weight excluding hydrogens is 332 g/mol. The molecule has 1 heterocycles. The molecule has 1 N–H and O–H groups in total. The second-order valence-electron chi connectivity index (χ2n) is 5.67. The third-order valence-electron chi connectivity index (χ3n) is 3.79. The summed E-state index contributed by atoms with van der Waals surface area (Å²) in [5, 5.41) is 2.69. The number of hydrogen-bond acceptors (Lipinski definition) is 5. The highest BCUT2D eigenvalue weighted by molar-refractivity contribution is 7.88. The van der Waals surface area contributed by atoms with Gasteiger partial charge in [-0.3, -0.25) is 4.79 Å². The first-order chi connectivity index (χ1) is 11.5. The topological polar surface area (TPSA) is 84.9 Å². The number of carbonyl (C=O) groups excluding carboxylic acids is 1. The van der Waals surface area contributed by atoms with Crippen LogP contribution in [0.3, 0.4) is 0 Å². The minimum absolute atomic E-state index is 0.0637. The number of nitrogens with one attached hydrogen (secondary N) is 1. The van der Waals surface area contributed by atoms with Gasteiger partial charge in [0.2, 0.25) is 10.0 Å². The summed E-state index contributed by atoms with van der Waals surface area (Å²) >= 11 is 0. The Morgan fingerprint density at radius 2 is 1.96 bits per heavy atom. The molecule has 0 aromatic heterocycles. The van der Waals surface area contributed by atoms with E-state index in [1.165, 1.54) is 10.6 Å². The van der Waals surface area contributed by atoms with Crippen molar-refractivity contribution < 1.29 is 22.7 Å². The molecule has 1 aliphatic heterocycles. The van der Waals surface area contributed by atoms with Gasteiger partial charge in [0.05, 0.1) is 6.26 Å². The Kier molecular flexibility index (Phi) is 7.01. The fraction of sp³-hybridized carbons (Fsp3) is 0.562. The molecule has 8 heteroatoms. The van der Waals surface area contributed by atoms with E-state index in [4.69, 9.17) is 9.47 Å². The third kappa shape index (κ3) is 6.10. The van der Waals surface area contributed by atoms with Gasteiger partial charge < -0.3 is 14.8 Å². The van der Waals surface area contributed by atoms with E-state index >= 15 is 0 Å². The number of para-hydroxylation sites is 1. The van der Waals surface area contributed by atoms with Gasteiger partial charge in [-0.25, -0.2) is 8.42 Å². The van der Waals surface area contributed by atoms with E-state index in [9.17, 15) is 13.2 Å². The molecule has 0 unspecified atom stereocenters. The lowest BCUT2D eigenvalue weighted by atomic mass is 10.1. The Morgan fingerprint density at radius 3 is 2.58 bits per heavy atom. The van der Waals surface area contributed by atoms with Crippen molar-refractivity contribution in [1.82, 2.24) is 9.62 Å². The minimum atomic E-state index is -3.32. The van der Waals surface area contributed by atoms with E-state index in [-0.39, 0.29) is 31.6 Å². The van der Waals surface area contributed by atoms with E-state index in [0.29, 0.717) is 31.8 Å². The molecule has 1 saturated heterocycles. The van der Waals surface area contributed by atoms with Crippen molar-refractivity contribution >= 4 is 15.9 Å². The second-order valence-corrected chi connectivity index (χ2v) is 7.60. The Morgan fingerprint density at radius 1 is 1.29 bits per heavy atom. The van der Waals surface area contributed by atoms with Crippen LogP contribution in [-0.2, 0) is 19.6 Å². The molecule has 0 radical (unpaired) electrons. The summed E-state index contributed by atoms with van der Waals surface area (Å²) in [6, 6.07) is 8.98. The molecule has 0 aliphatic carbocycles. The molecule has 1 aromatic carbocycles. The first-order valence-corrected chi connectivity index (χ1v) is 9.81. The number of benzene rings is 1. The highest BCUT2D eigenvalue weighted by atomic mass is 32.2. The van der Waals surface area contributed by atoms with Gasteiger partial charge in [0.15, 0.2) is 6.61 Å². The van der Waals surface area contributed by atoms with Crippen LogP contribution in [0.25, 0.3) is 0 Å². The van der Waals surface area contributed by atoms with Crippen molar-refractivity contribution in [3.63, 3.8) is 0 Å². The molecule has 134 valence electrons. The van der Waals surface area contributed by atoms with Gasteiger partial charge in [-0.05, 0) is 25.0 Å².